The topological polar surface area (TPSA) is 59.1 Å². The van der Waals surface area contributed by atoms with Crippen LogP contribution in [0.3, 0.4) is 0 Å². The van der Waals surface area contributed by atoms with Crippen molar-refractivity contribution in [2.24, 2.45) is 0 Å². The fraction of sp³-hybridized carbons (Fsp3) is 0.609. The van der Waals surface area contributed by atoms with Gasteiger partial charge in [-0.05, 0) is 56.3 Å². The van der Waals surface area contributed by atoms with Crippen LogP contribution in [-0.2, 0) is 22.0 Å². The molecule has 4 nitrogen and oxygen atoms in total. The largest absolute Gasteiger partial charge is 0.314 e. The number of rotatable bonds is 12. The smallest absolute Gasteiger partial charge is 0.187 e. The Hall–Kier alpha value is -1.02. The van der Waals surface area contributed by atoms with E-state index in [1.54, 1.807) is 5.38 Å². The van der Waals surface area contributed by atoms with Crippen LogP contribution in [0, 0.1) is 5.82 Å². The third kappa shape index (κ3) is 7.81. The molecule has 1 atom stereocenters. The van der Waals surface area contributed by atoms with Crippen LogP contribution in [0.25, 0.3) is 0 Å². The van der Waals surface area contributed by atoms with Gasteiger partial charge in [-0.25, -0.2) is 17.8 Å². The molecule has 0 aliphatic carbocycles. The molecule has 1 unspecified atom stereocenters. The zero-order valence-electron chi connectivity index (χ0n) is 17.9. The molecule has 2 aromatic rings. The van der Waals surface area contributed by atoms with Crippen molar-refractivity contribution >= 4 is 32.8 Å². The Kier molecular flexibility index (Phi) is 9.75. The molecule has 172 valence electrons. The van der Waals surface area contributed by atoms with Gasteiger partial charge in [-0.15, -0.1) is 11.3 Å². The van der Waals surface area contributed by atoms with Gasteiger partial charge >= 0.3 is 0 Å². The number of benzene rings is 1. The van der Waals surface area contributed by atoms with Gasteiger partial charge in [0.15, 0.2) is 9.84 Å². The summed E-state index contributed by atoms with van der Waals surface area (Å²) in [7, 11) is -3.82. The number of nitrogens with one attached hydrogen (secondary N) is 1. The number of halogens is 2. The van der Waals surface area contributed by atoms with Gasteiger partial charge in [0.25, 0.3) is 0 Å². The van der Waals surface area contributed by atoms with Crippen LogP contribution in [0.1, 0.15) is 74.8 Å². The average molecular weight is 487 g/mol. The van der Waals surface area contributed by atoms with Gasteiger partial charge < -0.3 is 5.32 Å². The second-order valence-electron chi connectivity index (χ2n) is 8.37. The highest BCUT2D eigenvalue weighted by molar-refractivity contribution is 7.90. The second-order valence-corrected chi connectivity index (χ2v) is 11.7. The summed E-state index contributed by atoms with van der Waals surface area (Å²) >= 11 is 7.53. The van der Waals surface area contributed by atoms with Gasteiger partial charge in [-0.2, -0.15) is 0 Å². The lowest BCUT2D eigenvalue weighted by Gasteiger charge is -2.23. The molecule has 31 heavy (non-hydrogen) atoms. The molecule has 2 heterocycles. The molecule has 0 bridgehead atoms. The Morgan fingerprint density at radius 3 is 2.61 bits per heavy atom. The molecule has 0 saturated carbocycles. The first-order valence-electron chi connectivity index (χ1n) is 11.3. The molecule has 1 saturated heterocycles. The Balaban J connectivity index is 1.39. The van der Waals surface area contributed by atoms with Crippen molar-refractivity contribution in [3.63, 3.8) is 0 Å². The summed E-state index contributed by atoms with van der Waals surface area (Å²) in [6, 6.07) is 3.27. The summed E-state index contributed by atoms with van der Waals surface area (Å²) in [4.78, 5) is 3.63. The van der Waals surface area contributed by atoms with Crippen LogP contribution >= 0.6 is 22.9 Å². The van der Waals surface area contributed by atoms with E-state index in [2.05, 4.69) is 10.3 Å². The standard InChI is InChI=1S/C23H32ClFN2O2S2/c24-20-16-22(31(28,29)17-23-27-13-14-30-23)21(25)15-18(20)9-5-3-1-2-4-6-10-19-11-7-8-12-26-19/h13-16,19,26H,1-12,17H2. The molecule has 1 aliphatic rings. The minimum Gasteiger partial charge on any atom is -0.314 e. The maximum absolute atomic E-state index is 14.6. The Bertz CT molecular complexity index is 914. The number of sulfone groups is 1. The Morgan fingerprint density at radius 1 is 1.13 bits per heavy atom. The highest BCUT2D eigenvalue weighted by Gasteiger charge is 2.23. The minimum absolute atomic E-state index is 0.311. The third-order valence-electron chi connectivity index (χ3n) is 5.89. The molecule has 1 N–H and O–H groups in total. The molecule has 1 aromatic heterocycles. The van der Waals surface area contributed by atoms with Crippen LogP contribution in [0.5, 0.6) is 0 Å². The fourth-order valence-corrected chi connectivity index (χ4v) is 6.82. The first-order chi connectivity index (χ1) is 15.0. The SMILES string of the molecule is O=S(=O)(Cc1nccs1)c1cc(Cl)c(CCCCCCCCC2CCCCN2)cc1F. The number of hydrogen-bond acceptors (Lipinski definition) is 5. The van der Waals surface area contributed by atoms with Gasteiger partial charge in [-0.3, -0.25) is 0 Å². The van der Waals surface area contributed by atoms with Crippen LogP contribution < -0.4 is 5.32 Å². The van der Waals surface area contributed by atoms with E-state index in [1.807, 2.05) is 0 Å². The molecule has 0 spiro atoms. The Labute approximate surface area is 194 Å². The highest BCUT2D eigenvalue weighted by Crippen LogP contribution is 2.28. The average Bonchev–Trinajstić information content (AvgIpc) is 3.25. The van der Waals surface area contributed by atoms with E-state index < -0.39 is 15.7 Å². The number of hydrogen-bond donors (Lipinski definition) is 1. The number of aromatic nitrogens is 1. The number of piperidine rings is 1. The summed E-state index contributed by atoms with van der Waals surface area (Å²) in [6.07, 6.45) is 14.4. The lowest BCUT2D eigenvalue weighted by Crippen LogP contribution is -2.33. The van der Waals surface area contributed by atoms with Crippen LogP contribution in [0.15, 0.2) is 28.6 Å². The van der Waals surface area contributed by atoms with Crippen molar-refractivity contribution in [3.05, 3.63) is 45.1 Å². The van der Waals surface area contributed by atoms with Gasteiger partial charge in [0.1, 0.15) is 21.5 Å². The van der Waals surface area contributed by atoms with Crippen molar-refractivity contribution in [2.75, 3.05) is 6.54 Å². The van der Waals surface area contributed by atoms with E-state index in [1.165, 1.54) is 87.6 Å². The molecule has 0 amide bonds. The number of thiazole rings is 1. The van der Waals surface area contributed by atoms with Crippen LogP contribution in [0.2, 0.25) is 5.02 Å². The maximum Gasteiger partial charge on any atom is 0.187 e. The predicted octanol–water partition coefficient (Wildman–Crippen LogP) is 6.32. The maximum atomic E-state index is 14.6. The Morgan fingerprint density at radius 2 is 1.90 bits per heavy atom. The van der Waals surface area contributed by atoms with Gasteiger partial charge in [0.2, 0.25) is 0 Å². The van der Waals surface area contributed by atoms with Gasteiger partial charge in [0.05, 0.1) is 0 Å². The van der Waals surface area contributed by atoms with E-state index in [4.69, 9.17) is 11.6 Å². The molecule has 3 rings (SSSR count). The van der Waals surface area contributed by atoms with Crippen LogP contribution in [-0.4, -0.2) is 26.0 Å². The summed E-state index contributed by atoms with van der Waals surface area (Å²) < 4.78 is 39.6. The molecule has 8 heteroatoms. The highest BCUT2D eigenvalue weighted by atomic mass is 35.5. The third-order valence-corrected chi connectivity index (χ3v) is 8.84. The van der Waals surface area contributed by atoms with E-state index in [0.29, 0.717) is 22.0 Å². The normalized spacial score (nSPS) is 17.2. The van der Waals surface area contributed by atoms with Crippen LogP contribution in [0.4, 0.5) is 4.39 Å². The van der Waals surface area contributed by atoms with Crippen molar-refractivity contribution in [2.45, 2.75) is 87.3 Å². The summed E-state index contributed by atoms with van der Waals surface area (Å²) in [6.45, 7) is 1.17. The molecule has 1 aromatic carbocycles. The summed E-state index contributed by atoms with van der Waals surface area (Å²) in [5, 5.41) is 6.06. The first-order valence-corrected chi connectivity index (χ1v) is 14.2. The molecule has 1 aliphatic heterocycles. The molecular formula is C23H32ClFN2O2S2. The second kappa shape index (κ2) is 12.3. The molecule has 1 fully saturated rings. The number of unbranched alkanes of at least 4 members (excludes halogenated alkanes) is 5. The van der Waals surface area contributed by atoms with Crippen molar-refractivity contribution in [1.82, 2.24) is 10.3 Å². The van der Waals surface area contributed by atoms with Crippen molar-refractivity contribution in [3.8, 4) is 0 Å². The number of nitrogens with zero attached hydrogens (tertiary/aromatic N) is 1. The zero-order chi connectivity index (χ0) is 22.1. The van der Waals surface area contributed by atoms with Crippen molar-refractivity contribution in [1.29, 1.82) is 0 Å². The lowest BCUT2D eigenvalue weighted by molar-refractivity contribution is 0.370. The monoisotopic (exact) mass is 486 g/mol. The van der Waals surface area contributed by atoms with E-state index in [0.717, 1.165) is 18.9 Å². The number of aryl methyl sites for hydroxylation is 1. The van der Waals surface area contributed by atoms with Crippen molar-refractivity contribution < 1.29 is 12.8 Å². The van der Waals surface area contributed by atoms with E-state index in [9.17, 15) is 12.8 Å². The van der Waals surface area contributed by atoms with Gasteiger partial charge in [-0.1, -0.05) is 50.1 Å². The summed E-state index contributed by atoms with van der Waals surface area (Å²) in [5.41, 5.74) is 0.677. The fourth-order valence-electron chi connectivity index (χ4n) is 4.15. The zero-order valence-corrected chi connectivity index (χ0v) is 20.3. The quantitative estimate of drug-likeness (QED) is 0.356. The first kappa shape index (κ1) is 24.6. The lowest BCUT2D eigenvalue weighted by atomic mass is 9.98. The molecule has 0 radical (unpaired) electrons. The van der Waals surface area contributed by atoms with E-state index >= 15 is 0 Å². The van der Waals surface area contributed by atoms with E-state index in [-0.39, 0.29) is 10.6 Å². The van der Waals surface area contributed by atoms with Gasteiger partial charge in [0, 0.05) is 22.6 Å². The predicted molar refractivity (Wildman–Crippen MR) is 126 cm³/mol. The minimum atomic E-state index is -3.82. The molecular weight excluding hydrogens is 455 g/mol. The summed E-state index contributed by atoms with van der Waals surface area (Å²) in [5.74, 6) is -1.04.